The SMILES string of the molecule is C[C@@H]1C/C(=C\B2OC(C)(C)C(C)(C)O2)CN1C(=O)OC(C)(C)C. The molecule has 2 rings (SSSR count). The predicted molar refractivity (Wildman–Crippen MR) is 91.2 cm³/mol. The first-order valence-corrected chi connectivity index (χ1v) is 8.35. The van der Waals surface area contributed by atoms with Crippen LogP contribution in [0.5, 0.6) is 0 Å². The number of amides is 1. The lowest BCUT2D eigenvalue weighted by molar-refractivity contribution is 0.00578. The molecule has 0 aliphatic carbocycles. The molecule has 1 amide bonds. The lowest BCUT2D eigenvalue weighted by Gasteiger charge is -2.32. The van der Waals surface area contributed by atoms with Gasteiger partial charge in [0.2, 0.25) is 0 Å². The first kappa shape index (κ1) is 18.3. The third-order valence-electron chi connectivity index (χ3n) is 4.73. The molecule has 6 heteroatoms. The van der Waals surface area contributed by atoms with Gasteiger partial charge in [-0.2, -0.15) is 0 Å². The van der Waals surface area contributed by atoms with Gasteiger partial charge in [0.1, 0.15) is 5.60 Å². The second-order valence-electron chi connectivity index (χ2n) is 8.61. The molecule has 130 valence electrons. The van der Waals surface area contributed by atoms with Crippen LogP contribution in [0.25, 0.3) is 0 Å². The molecule has 2 aliphatic rings. The monoisotopic (exact) mass is 323 g/mol. The summed E-state index contributed by atoms with van der Waals surface area (Å²) in [7, 11) is -0.360. The Bertz CT molecular complexity index is 491. The van der Waals surface area contributed by atoms with Crippen LogP contribution >= 0.6 is 0 Å². The zero-order valence-electron chi connectivity index (χ0n) is 15.7. The highest BCUT2D eigenvalue weighted by Gasteiger charge is 2.50. The number of carbonyl (C=O) groups is 1. The zero-order valence-corrected chi connectivity index (χ0v) is 15.7. The van der Waals surface area contributed by atoms with Gasteiger partial charge in [0.15, 0.2) is 0 Å². The van der Waals surface area contributed by atoms with Crippen LogP contribution in [0.15, 0.2) is 11.5 Å². The molecule has 1 atom stereocenters. The summed E-state index contributed by atoms with van der Waals surface area (Å²) in [6.07, 6.45) is 0.561. The molecule has 5 nitrogen and oxygen atoms in total. The van der Waals surface area contributed by atoms with Crippen molar-refractivity contribution in [3.05, 3.63) is 11.5 Å². The highest BCUT2D eigenvalue weighted by atomic mass is 16.7. The van der Waals surface area contributed by atoms with Gasteiger partial charge < -0.3 is 18.9 Å². The molecule has 0 saturated carbocycles. The Labute approximate surface area is 140 Å². The van der Waals surface area contributed by atoms with Gasteiger partial charge in [0.05, 0.1) is 11.2 Å². The van der Waals surface area contributed by atoms with E-state index >= 15 is 0 Å². The van der Waals surface area contributed by atoms with E-state index in [1.807, 2.05) is 61.4 Å². The molecule has 2 aliphatic heterocycles. The van der Waals surface area contributed by atoms with Gasteiger partial charge in [0, 0.05) is 12.6 Å². The van der Waals surface area contributed by atoms with Gasteiger partial charge in [-0.1, -0.05) is 11.5 Å². The topological polar surface area (TPSA) is 48.0 Å². The molecule has 2 fully saturated rings. The van der Waals surface area contributed by atoms with Crippen molar-refractivity contribution in [2.24, 2.45) is 0 Å². The van der Waals surface area contributed by atoms with E-state index in [0.717, 1.165) is 12.0 Å². The lowest BCUT2D eigenvalue weighted by atomic mass is 9.86. The highest BCUT2D eigenvalue weighted by Crippen LogP contribution is 2.37. The van der Waals surface area contributed by atoms with Crippen LogP contribution in [0, 0.1) is 0 Å². The largest absolute Gasteiger partial charge is 0.487 e. The maximum atomic E-state index is 12.3. The lowest BCUT2D eigenvalue weighted by Crippen LogP contribution is -2.41. The van der Waals surface area contributed by atoms with Crippen LogP contribution in [0.1, 0.15) is 61.8 Å². The van der Waals surface area contributed by atoms with Crippen LogP contribution in [-0.4, -0.2) is 47.5 Å². The number of hydrogen-bond acceptors (Lipinski definition) is 4. The fraction of sp³-hybridized carbons (Fsp3) is 0.824. The summed E-state index contributed by atoms with van der Waals surface area (Å²) in [6, 6.07) is 0.124. The van der Waals surface area contributed by atoms with Crippen molar-refractivity contribution in [3.8, 4) is 0 Å². The second kappa shape index (κ2) is 5.81. The fourth-order valence-corrected chi connectivity index (χ4v) is 2.76. The van der Waals surface area contributed by atoms with Crippen LogP contribution in [0.3, 0.4) is 0 Å². The Morgan fingerprint density at radius 3 is 2.26 bits per heavy atom. The fourth-order valence-electron chi connectivity index (χ4n) is 2.76. The Balaban J connectivity index is 2.03. The Kier molecular flexibility index (Phi) is 4.64. The molecule has 0 radical (unpaired) electrons. The zero-order chi connectivity index (χ0) is 17.6. The minimum absolute atomic E-state index is 0.124. The average Bonchev–Trinajstić information content (AvgIpc) is 2.74. The molecular formula is C17H30BNO4. The number of hydrogen-bond donors (Lipinski definition) is 0. The number of likely N-dealkylation sites (tertiary alicyclic amines) is 1. The molecule has 0 N–H and O–H groups in total. The van der Waals surface area contributed by atoms with Crippen molar-refractivity contribution in [1.82, 2.24) is 4.90 Å². The highest BCUT2D eigenvalue weighted by molar-refractivity contribution is 6.51. The first-order chi connectivity index (χ1) is 10.3. The molecule has 0 aromatic carbocycles. The molecule has 0 unspecified atom stereocenters. The maximum Gasteiger partial charge on any atom is 0.487 e. The standard InChI is InChI=1S/C17H30BNO4/c1-12-9-13(11-19(12)14(20)21-15(2,3)4)10-18-22-16(5,6)17(7,8)23-18/h10,12H,9,11H2,1-8H3/b13-10+/t12-/m1/s1. The van der Waals surface area contributed by atoms with Crippen molar-refractivity contribution in [2.75, 3.05) is 6.54 Å². The van der Waals surface area contributed by atoms with E-state index in [1.54, 1.807) is 4.90 Å². The minimum Gasteiger partial charge on any atom is -0.444 e. The van der Waals surface area contributed by atoms with E-state index in [1.165, 1.54) is 0 Å². The molecule has 0 aromatic rings. The Hall–Kier alpha value is -1.01. The smallest absolute Gasteiger partial charge is 0.444 e. The van der Waals surface area contributed by atoms with E-state index in [9.17, 15) is 4.79 Å². The molecule has 0 spiro atoms. The Morgan fingerprint density at radius 2 is 1.78 bits per heavy atom. The number of rotatable bonds is 1. The quantitative estimate of drug-likeness (QED) is 0.692. The van der Waals surface area contributed by atoms with Crippen molar-refractivity contribution < 1.29 is 18.8 Å². The van der Waals surface area contributed by atoms with Crippen LogP contribution in [0.2, 0.25) is 0 Å². The molecule has 2 heterocycles. The van der Waals surface area contributed by atoms with Crippen molar-refractivity contribution in [3.63, 3.8) is 0 Å². The van der Waals surface area contributed by atoms with Gasteiger partial charge in [-0.05, 0) is 61.8 Å². The van der Waals surface area contributed by atoms with Crippen molar-refractivity contribution in [2.45, 2.75) is 84.7 Å². The summed E-state index contributed by atoms with van der Waals surface area (Å²) >= 11 is 0. The summed E-state index contributed by atoms with van der Waals surface area (Å²) in [5.74, 6) is 2.01. The molecular weight excluding hydrogens is 293 g/mol. The van der Waals surface area contributed by atoms with E-state index in [0.29, 0.717) is 6.54 Å². The van der Waals surface area contributed by atoms with E-state index in [2.05, 4.69) is 0 Å². The van der Waals surface area contributed by atoms with Crippen molar-refractivity contribution in [1.29, 1.82) is 0 Å². The summed E-state index contributed by atoms with van der Waals surface area (Å²) < 4.78 is 17.5. The number of ether oxygens (including phenoxy) is 1. The van der Waals surface area contributed by atoms with Gasteiger partial charge in [-0.3, -0.25) is 0 Å². The first-order valence-electron chi connectivity index (χ1n) is 8.35. The normalized spacial score (nSPS) is 28.5. The predicted octanol–water partition coefficient (Wildman–Crippen LogP) is 3.57. The number of carbonyl (C=O) groups excluding carboxylic acids is 1. The van der Waals surface area contributed by atoms with E-state index in [-0.39, 0.29) is 30.5 Å². The van der Waals surface area contributed by atoms with Gasteiger partial charge in [-0.15, -0.1) is 0 Å². The summed E-state index contributed by atoms with van der Waals surface area (Å²) in [5, 5.41) is 0. The molecule has 0 aromatic heterocycles. The van der Waals surface area contributed by atoms with Gasteiger partial charge >= 0.3 is 13.2 Å². The van der Waals surface area contributed by atoms with E-state index in [4.69, 9.17) is 14.0 Å². The van der Waals surface area contributed by atoms with Crippen molar-refractivity contribution >= 4 is 13.2 Å². The summed E-state index contributed by atoms with van der Waals surface area (Å²) in [6.45, 7) is 16.4. The summed E-state index contributed by atoms with van der Waals surface area (Å²) in [5.41, 5.74) is -0.00960. The molecule has 2 saturated heterocycles. The maximum absolute atomic E-state index is 12.3. The van der Waals surface area contributed by atoms with Crippen LogP contribution in [0.4, 0.5) is 4.79 Å². The minimum atomic E-state index is -0.477. The van der Waals surface area contributed by atoms with E-state index < -0.39 is 5.60 Å². The van der Waals surface area contributed by atoms with Gasteiger partial charge in [-0.25, -0.2) is 4.79 Å². The average molecular weight is 323 g/mol. The third-order valence-corrected chi connectivity index (χ3v) is 4.73. The molecule has 0 bridgehead atoms. The number of nitrogens with zero attached hydrogens (tertiary/aromatic N) is 1. The van der Waals surface area contributed by atoms with Gasteiger partial charge in [0.25, 0.3) is 0 Å². The Morgan fingerprint density at radius 1 is 1.26 bits per heavy atom. The van der Waals surface area contributed by atoms with Crippen LogP contribution in [-0.2, 0) is 14.0 Å². The second-order valence-corrected chi connectivity index (χ2v) is 8.61. The van der Waals surface area contributed by atoms with Crippen LogP contribution < -0.4 is 0 Å². The summed E-state index contributed by atoms with van der Waals surface area (Å²) in [4.78, 5) is 14.0. The molecule has 23 heavy (non-hydrogen) atoms. The third kappa shape index (κ3) is 4.10.